The molecule has 0 aliphatic carbocycles. The molecule has 1 N–H and O–H groups in total. The predicted molar refractivity (Wildman–Crippen MR) is 109 cm³/mol. The number of nitrogens with zero attached hydrogens (tertiary/aromatic N) is 1. The summed E-state index contributed by atoms with van der Waals surface area (Å²) in [5, 5.41) is 1.28. The second kappa shape index (κ2) is 6.06. The quantitative estimate of drug-likeness (QED) is 0.454. The van der Waals surface area contributed by atoms with Crippen LogP contribution in [0.3, 0.4) is 0 Å². The van der Waals surface area contributed by atoms with Gasteiger partial charge in [0.2, 0.25) is 0 Å². The number of hydrogen-bond donors (Lipinski definition) is 1. The first-order valence-corrected chi connectivity index (χ1v) is 9.31. The molecular formula is C24H22N2. The van der Waals surface area contributed by atoms with E-state index in [4.69, 9.17) is 0 Å². The van der Waals surface area contributed by atoms with Gasteiger partial charge < -0.3 is 9.88 Å². The van der Waals surface area contributed by atoms with E-state index < -0.39 is 0 Å². The highest BCUT2D eigenvalue weighted by atomic mass is 15.2. The van der Waals surface area contributed by atoms with Crippen LogP contribution in [0.4, 0.5) is 11.4 Å². The van der Waals surface area contributed by atoms with E-state index in [0.717, 1.165) is 12.8 Å². The molecule has 0 spiro atoms. The van der Waals surface area contributed by atoms with Crippen LogP contribution >= 0.6 is 0 Å². The van der Waals surface area contributed by atoms with Crippen LogP contribution in [0.1, 0.15) is 29.2 Å². The third-order valence-electron chi connectivity index (χ3n) is 5.54. The van der Waals surface area contributed by atoms with E-state index in [1.165, 1.54) is 39.0 Å². The molecule has 4 aromatic rings. The van der Waals surface area contributed by atoms with Crippen molar-refractivity contribution in [2.24, 2.45) is 0 Å². The van der Waals surface area contributed by atoms with Gasteiger partial charge in [0.1, 0.15) is 0 Å². The summed E-state index contributed by atoms with van der Waals surface area (Å²) < 4.78 is 0. The predicted octanol–water partition coefficient (Wildman–Crippen LogP) is 6.30. The lowest BCUT2D eigenvalue weighted by molar-refractivity contribution is 0.605. The Hall–Kier alpha value is -3.00. The standard InChI is InChI=1S/C24H22N2/c1-17-10-12-19(13-11-17)23-15-14-18-6-2-5-9-22(18)26(23)24-16-25-21-8-4-3-7-20(21)24/h2-13,16,23,25H,14-15H2,1H3. The lowest BCUT2D eigenvalue weighted by atomic mass is 9.90. The number of rotatable bonds is 2. The Morgan fingerprint density at radius 3 is 2.50 bits per heavy atom. The average Bonchev–Trinajstić information content (AvgIpc) is 3.11. The lowest BCUT2D eigenvalue weighted by Crippen LogP contribution is -2.28. The molecule has 0 fully saturated rings. The molecule has 0 bridgehead atoms. The molecule has 1 aromatic heterocycles. The maximum atomic E-state index is 3.46. The summed E-state index contributed by atoms with van der Waals surface area (Å²) in [5.41, 5.74) is 7.90. The largest absolute Gasteiger partial charge is 0.359 e. The molecule has 2 heteroatoms. The van der Waals surface area contributed by atoms with Crippen molar-refractivity contribution in [3.63, 3.8) is 0 Å². The fraction of sp³-hybridized carbons (Fsp3) is 0.167. The number of benzene rings is 3. The first kappa shape index (κ1) is 15.3. The SMILES string of the molecule is Cc1ccc(C2CCc3ccccc3N2c2c[nH]c3ccccc23)cc1. The smallest absolute Gasteiger partial charge is 0.0674 e. The summed E-state index contributed by atoms with van der Waals surface area (Å²) in [5.74, 6) is 0. The second-order valence-corrected chi connectivity index (χ2v) is 7.18. The molecule has 1 aliphatic heterocycles. The maximum Gasteiger partial charge on any atom is 0.0674 e. The third kappa shape index (κ3) is 2.41. The minimum atomic E-state index is 0.352. The van der Waals surface area contributed by atoms with Crippen molar-refractivity contribution in [3.05, 3.63) is 95.7 Å². The highest BCUT2D eigenvalue weighted by Crippen LogP contribution is 2.45. The summed E-state index contributed by atoms with van der Waals surface area (Å²) in [6.07, 6.45) is 4.40. The highest BCUT2D eigenvalue weighted by molar-refractivity contribution is 5.95. The van der Waals surface area contributed by atoms with E-state index >= 15 is 0 Å². The molecule has 0 saturated carbocycles. The van der Waals surface area contributed by atoms with E-state index in [2.05, 4.69) is 95.8 Å². The molecule has 2 nitrogen and oxygen atoms in total. The van der Waals surface area contributed by atoms with Crippen molar-refractivity contribution in [3.8, 4) is 0 Å². The van der Waals surface area contributed by atoms with Gasteiger partial charge >= 0.3 is 0 Å². The number of fused-ring (bicyclic) bond motifs is 2. The van der Waals surface area contributed by atoms with Gasteiger partial charge in [-0.2, -0.15) is 0 Å². The van der Waals surface area contributed by atoms with Gasteiger partial charge in [0.25, 0.3) is 0 Å². The fourth-order valence-corrected chi connectivity index (χ4v) is 4.20. The van der Waals surface area contributed by atoms with Gasteiger partial charge in [-0.3, -0.25) is 0 Å². The van der Waals surface area contributed by atoms with Crippen molar-refractivity contribution in [1.82, 2.24) is 4.98 Å². The Kier molecular flexibility index (Phi) is 3.56. The summed E-state index contributed by atoms with van der Waals surface area (Å²) in [7, 11) is 0. The summed E-state index contributed by atoms with van der Waals surface area (Å²) in [4.78, 5) is 5.99. The summed E-state index contributed by atoms with van der Waals surface area (Å²) in [6.45, 7) is 2.15. The lowest BCUT2D eigenvalue weighted by Gasteiger charge is -2.39. The molecule has 128 valence electrons. The van der Waals surface area contributed by atoms with Crippen LogP contribution in [0, 0.1) is 6.92 Å². The molecule has 0 radical (unpaired) electrons. The van der Waals surface area contributed by atoms with Crippen molar-refractivity contribution in [2.45, 2.75) is 25.8 Å². The molecule has 1 atom stereocenters. The number of nitrogens with one attached hydrogen (secondary N) is 1. The monoisotopic (exact) mass is 338 g/mol. The van der Waals surface area contributed by atoms with Gasteiger partial charge in [0, 0.05) is 22.8 Å². The van der Waals surface area contributed by atoms with Crippen LogP contribution in [0.25, 0.3) is 10.9 Å². The van der Waals surface area contributed by atoms with E-state index in [1.807, 2.05) is 0 Å². The summed E-state index contributed by atoms with van der Waals surface area (Å²) >= 11 is 0. The van der Waals surface area contributed by atoms with Crippen LogP contribution in [-0.2, 0) is 6.42 Å². The summed E-state index contributed by atoms with van der Waals surface area (Å²) in [6, 6.07) is 26.8. The zero-order valence-corrected chi connectivity index (χ0v) is 14.9. The van der Waals surface area contributed by atoms with E-state index in [0.29, 0.717) is 6.04 Å². The number of aromatic nitrogens is 1. The molecular weight excluding hydrogens is 316 g/mol. The number of aromatic amines is 1. The first-order valence-electron chi connectivity index (χ1n) is 9.31. The second-order valence-electron chi connectivity index (χ2n) is 7.18. The van der Waals surface area contributed by atoms with Crippen LogP contribution in [0.2, 0.25) is 0 Å². The van der Waals surface area contributed by atoms with Gasteiger partial charge in [-0.25, -0.2) is 0 Å². The molecule has 5 rings (SSSR count). The number of H-pyrrole nitrogens is 1. The Morgan fingerprint density at radius 1 is 0.846 bits per heavy atom. The van der Waals surface area contributed by atoms with E-state index in [1.54, 1.807) is 0 Å². The first-order chi connectivity index (χ1) is 12.8. The van der Waals surface area contributed by atoms with Gasteiger partial charge in [-0.1, -0.05) is 66.2 Å². The Balaban J connectivity index is 1.71. The maximum absolute atomic E-state index is 3.46. The fourth-order valence-electron chi connectivity index (χ4n) is 4.20. The van der Waals surface area contributed by atoms with E-state index in [9.17, 15) is 0 Å². The van der Waals surface area contributed by atoms with Gasteiger partial charge in [-0.05, 0) is 43.0 Å². The Bertz CT molecular complexity index is 1060. The van der Waals surface area contributed by atoms with Gasteiger partial charge in [-0.15, -0.1) is 0 Å². The van der Waals surface area contributed by atoms with Crippen molar-refractivity contribution >= 4 is 22.3 Å². The Morgan fingerprint density at radius 2 is 1.62 bits per heavy atom. The average molecular weight is 338 g/mol. The molecule has 3 aromatic carbocycles. The molecule has 2 heterocycles. The number of aryl methyl sites for hydroxylation is 2. The van der Waals surface area contributed by atoms with Crippen LogP contribution in [0.5, 0.6) is 0 Å². The van der Waals surface area contributed by atoms with Gasteiger partial charge in [0.05, 0.1) is 11.7 Å². The van der Waals surface area contributed by atoms with Crippen LogP contribution in [-0.4, -0.2) is 4.98 Å². The molecule has 26 heavy (non-hydrogen) atoms. The minimum Gasteiger partial charge on any atom is -0.359 e. The van der Waals surface area contributed by atoms with Crippen molar-refractivity contribution in [1.29, 1.82) is 0 Å². The van der Waals surface area contributed by atoms with Crippen molar-refractivity contribution < 1.29 is 0 Å². The number of hydrogen-bond acceptors (Lipinski definition) is 1. The van der Waals surface area contributed by atoms with E-state index in [-0.39, 0.29) is 0 Å². The zero-order chi connectivity index (χ0) is 17.5. The van der Waals surface area contributed by atoms with Gasteiger partial charge in [0.15, 0.2) is 0 Å². The number of para-hydroxylation sites is 2. The molecule has 1 aliphatic rings. The normalized spacial score (nSPS) is 16.7. The number of anilines is 2. The van der Waals surface area contributed by atoms with Crippen LogP contribution in [0.15, 0.2) is 79.0 Å². The molecule has 0 saturated heterocycles. The highest BCUT2D eigenvalue weighted by Gasteiger charge is 2.29. The zero-order valence-electron chi connectivity index (χ0n) is 14.9. The Labute approximate surface area is 154 Å². The minimum absolute atomic E-state index is 0.352. The van der Waals surface area contributed by atoms with Crippen molar-refractivity contribution in [2.75, 3.05) is 4.90 Å². The van der Waals surface area contributed by atoms with Crippen LogP contribution < -0.4 is 4.90 Å². The third-order valence-corrected chi connectivity index (χ3v) is 5.54. The molecule has 1 unspecified atom stereocenters. The topological polar surface area (TPSA) is 19.0 Å². The molecule has 0 amide bonds.